The van der Waals surface area contributed by atoms with E-state index in [2.05, 4.69) is 63.8 Å². The van der Waals surface area contributed by atoms with E-state index in [4.69, 9.17) is 0 Å². The molecule has 0 atom stereocenters. The van der Waals surface area contributed by atoms with Gasteiger partial charge in [-0.1, -0.05) is 18.2 Å². The third-order valence-electron chi connectivity index (χ3n) is 4.71. The van der Waals surface area contributed by atoms with Crippen LogP contribution in [0.15, 0.2) is 66.1 Å². The molecule has 4 nitrogen and oxygen atoms in total. The topological polar surface area (TPSA) is 57.4 Å². The lowest BCUT2D eigenvalue weighted by atomic mass is 10.1. The zero-order chi connectivity index (χ0) is 17.7. The number of aryl methyl sites for hydroxylation is 1. The van der Waals surface area contributed by atoms with Crippen molar-refractivity contribution >= 4 is 34.4 Å². The molecule has 26 heavy (non-hydrogen) atoms. The minimum absolute atomic E-state index is 0.850. The van der Waals surface area contributed by atoms with Gasteiger partial charge in [-0.3, -0.25) is 9.97 Å². The number of nitrogens with zero attached hydrogens (tertiary/aromatic N) is 2. The maximum atomic E-state index is 4.66. The van der Waals surface area contributed by atoms with Gasteiger partial charge in [-0.15, -0.1) is 12.6 Å². The second-order valence-corrected chi connectivity index (χ2v) is 6.99. The van der Waals surface area contributed by atoms with Crippen LogP contribution in [0.3, 0.4) is 0 Å². The van der Waals surface area contributed by atoms with Crippen LogP contribution in [0.4, 0.5) is 0 Å². The van der Waals surface area contributed by atoms with E-state index >= 15 is 0 Å². The maximum Gasteiger partial charge on any atom is 0.0907 e. The Balaban J connectivity index is 1.57. The fraction of sp³-hybridized carbons (Fsp3) is 0.0476. The standard InChI is InChI=1S/C21H16N4S/c1-12-2-4-14-16(8-22-18(14)6-12)20-10-25-21(11-24-20)17-9-23-19-7-13(26)3-5-15(17)19/h2-11,22-23,26H,1H3. The first-order chi connectivity index (χ1) is 12.7. The Morgan fingerprint density at radius 2 is 1.35 bits per heavy atom. The summed E-state index contributed by atoms with van der Waals surface area (Å²) in [5, 5.41) is 2.28. The van der Waals surface area contributed by atoms with Gasteiger partial charge in [0.05, 0.1) is 23.8 Å². The zero-order valence-electron chi connectivity index (χ0n) is 14.1. The molecule has 2 N–H and O–H groups in total. The van der Waals surface area contributed by atoms with Crippen molar-refractivity contribution in [3.63, 3.8) is 0 Å². The molecule has 3 heterocycles. The van der Waals surface area contributed by atoms with Crippen molar-refractivity contribution in [3.05, 3.63) is 66.7 Å². The Kier molecular flexibility index (Phi) is 3.36. The van der Waals surface area contributed by atoms with Gasteiger partial charge in [0.1, 0.15) is 0 Å². The number of aromatic nitrogens is 4. The number of fused-ring (bicyclic) bond motifs is 2. The molecule has 0 saturated carbocycles. The number of thiol groups is 1. The largest absolute Gasteiger partial charge is 0.360 e. The molecule has 5 aromatic rings. The lowest BCUT2D eigenvalue weighted by Crippen LogP contribution is -1.88. The molecule has 0 aliphatic heterocycles. The highest BCUT2D eigenvalue weighted by Crippen LogP contribution is 2.31. The van der Waals surface area contributed by atoms with Gasteiger partial charge in [0, 0.05) is 50.2 Å². The average Bonchev–Trinajstić information content (AvgIpc) is 3.25. The Hall–Kier alpha value is -3.05. The van der Waals surface area contributed by atoms with Crippen LogP contribution in [0, 0.1) is 6.92 Å². The van der Waals surface area contributed by atoms with E-state index in [1.54, 1.807) is 0 Å². The smallest absolute Gasteiger partial charge is 0.0907 e. The molecule has 0 aliphatic rings. The Morgan fingerprint density at radius 3 is 1.96 bits per heavy atom. The summed E-state index contributed by atoms with van der Waals surface area (Å²) in [6.07, 6.45) is 7.63. The van der Waals surface area contributed by atoms with Crippen molar-refractivity contribution in [1.82, 2.24) is 19.9 Å². The van der Waals surface area contributed by atoms with Gasteiger partial charge in [-0.05, 0) is 30.7 Å². The molecule has 2 aromatic carbocycles. The van der Waals surface area contributed by atoms with Crippen LogP contribution in [0.5, 0.6) is 0 Å². The van der Waals surface area contributed by atoms with Crippen molar-refractivity contribution in [2.45, 2.75) is 11.8 Å². The van der Waals surface area contributed by atoms with E-state index in [-0.39, 0.29) is 0 Å². The van der Waals surface area contributed by atoms with Crippen LogP contribution in [0.2, 0.25) is 0 Å². The molecule has 126 valence electrons. The van der Waals surface area contributed by atoms with Gasteiger partial charge in [0.2, 0.25) is 0 Å². The van der Waals surface area contributed by atoms with Gasteiger partial charge in [-0.25, -0.2) is 0 Å². The van der Waals surface area contributed by atoms with E-state index < -0.39 is 0 Å². The van der Waals surface area contributed by atoms with Crippen molar-refractivity contribution < 1.29 is 0 Å². The fourth-order valence-corrected chi connectivity index (χ4v) is 3.59. The molecule has 0 spiro atoms. The van der Waals surface area contributed by atoms with E-state index in [0.717, 1.165) is 49.2 Å². The van der Waals surface area contributed by atoms with Crippen molar-refractivity contribution in [2.75, 3.05) is 0 Å². The molecular formula is C21H16N4S. The molecule has 3 aromatic heterocycles. The Labute approximate surface area is 155 Å². The molecule has 0 amide bonds. The Bertz CT molecular complexity index is 1150. The SMILES string of the molecule is Cc1ccc2c(-c3cnc(-c4c[nH]c5cc(S)ccc45)cn3)c[nH]c2c1. The normalized spacial score (nSPS) is 11.5. The maximum absolute atomic E-state index is 4.66. The number of H-pyrrole nitrogens is 2. The van der Waals surface area contributed by atoms with Crippen molar-refractivity contribution in [2.24, 2.45) is 0 Å². The summed E-state index contributed by atoms with van der Waals surface area (Å²) < 4.78 is 0. The van der Waals surface area contributed by atoms with Crippen LogP contribution >= 0.6 is 12.6 Å². The number of nitrogens with one attached hydrogen (secondary N) is 2. The third-order valence-corrected chi connectivity index (χ3v) is 4.98. The lowest BCUT2D eigenvalue weighted by molar-refractivity contribution is 1.21. The second kappa shape index (κ2) is 5.75. The van der Waals surface area contributed by atoms with Crippen LogP contribution < -0.4 is 0 Å². The molecule has 5 heteroatoms. The van der Waals surface area contributed by atoms with Gasteiger partial charge in [0.25, 0.3) is 0 Å². The number of benzene rings is 2. The van der Waals surface area contributed by atoms with Gasteiger partial charge in [-0.2, -0.15) is 0 Å². The number of hydrogen-bond donors (Lipinski definition) is 3. The van der Waals surface area contributed by atoms with Crippen LogP contribution in [-0.2, 0) is 0 Å². The third kappa shape index (κ3) is 2.40. The van der Waals surface area contributed by atoms with Crippen molar-refractivity contribution in [1.29, 1.82) is 0 Å². The number of rotatable bonds is 2. The molecule has 5 rings (SSSR count). The summed E-state index contributed by atoms with van der Waals surface area (Å²) in [6.45, 7) is 2.09. The first-order valence-corrected chi connectivity index (χ1v) is 8.84. The average molecular weight is 356 g/mol. The van der Waals surface area contributed by atoms with Crippen LogP contribution in [0.25, 0.3) is 44.3 Å². The summed E-state index contributed by atoms with van der Waals surface area (Å²) in [7, 11) is 0. The van der Waals surface area contributed by atoms with E-state index in [1.807, 2.05) is 36.9 Å². The predicted molar refractivity (Wildman–Crippen MR) is 109 cm³/mol. The quantitative estimate of drug-likeness (QED) is 0.372. The van der Waals surface area contributed by atoms with E-state index in [9.17, 15) is 0 Å². The van der Waals surface area contributed by atoms with Gasteiger partial charge >= 0.3 is 0 Å². The van der Waals surface area contributed by atoms with Gasteiger partial charge < -0.3 is 9.97 Å². The first-order valence-electron chi connectivity index (χ1n) is 8.40. The monoisotopic (exact) mass is 356 g/mol. The summed E-state index contributed by atoms with van der Waals surface area (Å²) in [4.78, 5) is 16.8. The second-order valence-electron chi connectivity index (χ2n) is 6.47. The summed E-state index contributed by atoms with van der Waals surface area (Å²) in [5.74, 6) is 0. The highest BCUT2D eigenvalue weighted by atomic mass is 32.1. The fourth-order valence-electron chi connectivity index (χ4n) is 3.38. The molecule has 0 aliphatic carbocycles. The molecule has 0 radical (unpaired) electrons. The highest BCUT2D eigenvalue weighted by molar-refractivity contribution is 7.80. The first kappa shape index (κ1) is 15.2. The minimum atomic E-state index is 0.850. The molecule has 0 fully saturated rings. The van der Waals surface area contributed by atoms with Crippen LogP contribution in [-0.4, -0.2) is 19.9 Å². The minimum Gasteiger partial charge on any atom is -0.360 e. The Morgan fingerprint density at radius 1 is 0.769 bits per heavy atom. The van der Waals surface area contributed by atoms with Crippen molar-refractivity contribution in [3.8, 4) is 22.5 Å². The number of hydrogen-bond acceptors (Lipinski definition) is 3. The van der Waals surface area contributed by atoms with E-state index in [1.165, 1.54) is 5.56 Å². The lowest BCUT2D eigenvalue weighted by Gasteiger charge is -2.02. The predicted octanol–water partition coefficient (Wildman–Crippen LogP) is 5.37. The molecule has 0 unspecified atom stereocenters. The highest BCUT2D eigenvalue weighted by Gasteiger charge is 2.11. The molecule has 0 bridgehead atoms. The summed E-state index contributed by atoms with van der Waals surface area (Å²) in [5.41, 5.74) is 7.22. The van der Waals surface area contributed by atoms with Crippen LogP contribution in [0.1, 0.15) is 5.56 Å². The summed E-state index contributed by atoms with van der Waals surface area (Å²) >= 11 is 4.39. The zero-order valence-corrected chi connectivity index (χ0v) is 15.0. The number of aromatic amines is 2. The van der Waals surface area contributed by atoms with E-state index in [0.29, 0.717) is 0 Å². The van der Waals surface area contributed by atoms with Gasteiger partial charge in [0.15, 0.2) is 0 Å². The molecular weight excluding hydrogens is 340 g/mol. The molecule has 0 saturated heterocycles. The summed E-state index contributed by atoms with van der Waals surface area (Å²) in [6, 6.07) is 12.4.